The molecule has 2 atom stereocenters. The van der Waals surface area contributed by atoms with Gasteiger partial charge in [0.2, 0.25) is 17.7 Å². The summed E-state index contributed by atoms with van der Waals surface area (Å²) in [5.41, 5.74) is 6.62. The van der Waals surface area contributed by atoms with Crippen LogP contribution < -0.4 is 15.6 Å². The summed E-state index contributed by atoms with van der Waals surface area (Å²) < 4.78 is 5.00. The van der Waals surface area contributed by atoms with Gasteiger partial charge in [0.25, 0.3) is 0 Å². The average molecular weight is 290 g/mol. The highest BCUT2D eigenvalue weighted by molar-refractivity contribution is 5.84. The first-order chi connectivity index (χ1) is 9.86. The van der Waals surface area contributed by atoms with E-state index in [-0.39, 0.29) is 23.2 Å². The third kappa shape index (κ3) is 3.32. The summed E-state index contributed by atoms with van der Waals surface area (Å²) in [6.45, 7) is 8.30. The van der Waals surface area contributed by atoms with Crippen molar-refractivity contribution < 1.29 is 9.53 Å². The number of anilines is 1. The molecule has 1 aromatic heterocycles. The highest BCUT2D eigenvalue weighted by Crippen LogP contribution is 2.59. The Hall–Kier alpha value is -2.11. The molecule has 1 aliphatic rings. The van der Waals surface area contributed by atoms with Crippen LogP contribution in [-0.2, 0) is 4.79 Å². The molecule has 0 aliphatic heterocycles. The number of hydrazine groups is 1. The zero-order valence-corrected chi connectivity index (χ0v) is 13.1. The fraction of sp³-hybridized carbons (Fsp3) is 0.533. The number of allylic oxidation sites excluding steroid dienone is 2. The van der Waals surface area contributed by atoms with Crippen LogP contribution in [0, 0.1) is 17.3 Å². The Balaban J connectivity index is 1.95. The van der Waals surface area contributed by atoms with Crippen molar-refractivity contribution in [3.8, 4) is 5.88 Å². The average Bonchev–Trinajstić information content (AvgIpc) is 2.96. The minimum absolute atomic E-state index is 0.0156. The fourth-order valence-corrected chi connectivity index (χ4v) is 2.56. The van der Waals surface area contributed by atoms with Gasteiger partial charge < -0.3 is 4.74 Å². The lowest BCUT2D eigenvalue weighted by atomic mass is 10.1. The minimum atomic E-state index is -0.0473. The number of carbonyl (C=O) groups is 1. The molecule has 0 aromatic carbocycles. The van der Waals surface area contributed by atoms with Crippen LogP contribution in [0.1, 0.15) is 27.7 Å². The number of nitrogens with one attached hydrogen (secondary N) is 2. The van der Waals surface area contributed by atoms with Gasteiger partial charge in [0, 0.05) is 12.3 Å². The minimum Gasteiger partial charge on any atom is -0.481 e. The van der Waals surface area contributed by atoms with Gasteiger partial charge in [0.15, 0.2) is 0 Å². The van der Waals surface area contributed by atoms with Gasteiger partial charge in [-0.15, -0.1) is 0 Å². The zero-order valence-electron chi connectivity index (χ0n) is 13.1. The lowest BCUT2D eigenvalue weighted by Gasteiger charge is -2.08. The summed E-state index contributed by atoms with van der Waals surface area (Å²) in [6.07, 6.45) is 3.72. The summed E-state index contributed by atoms with van der Waals surface area (Å²) in [7, 11) is 1.53. The van der Waals surface area contributed by atoms with Crippen molar-refractivity contribution in [3.63, 3.8) is 0 Å². The standard InChI is InChI=1S/C15H22N4O2/c1-9(2)8-10-12(15(10,3)4)13(20)18-19-14-16-7-6-11(17-14)21-5/h6-8,10,12H,1-5H3,(H,18,20)(H,16,17,19). The van der Waals surface area contributed by atoms with Gasteiger partial charge in [-0.25, -0.2) is 4.98 Å². The fourth-order valence-electron chi connectivity index (χ4n) is 2.56. The molecule has 1 fully saturated rings. The predicted molar refractivity (Wildman–Crippen MR) is 80.5 cm³/mol. The van der Waals surface area contributed by atoms with Crippen LogP contribution in [-0.4, -0.2) is 23.0 Å². The number of hydrogen-bond donors (Lipinski definition) is 2. The van der Waals surface area contributed by atoms with Crippen molar-refractivity contribution in [3.05, 3.63) is 23.9 Å². The second-order valence-electron chi connectivity index (χ2n) is 6.11. The second-order valence-corrected chi connectivity index (χ2v) is 6.11. The molecule has 21 heavy (non-hydrogen) atoms. The van der Waals surface area contributed by atoms with Crippen molar-refractivity contribution >= 4 is 11.9 Å². The highest BCUT2D eigenvalue weighted by Gasteiger charge is 2.60. The molecular weight excluding hydrogens is 268 g/mol. The molecule has 1 amide bonds. The summed E-state index contributed by atoms with van der Waals surface area (Å²) in [5.74, 6) is 0.936. The van der Waals surface area contributed by atoms with Crippen LogP contribution in [0.5, 0.6) is 5.88 Å². The van der Waals surface area contributed by atoms with Gasteiger partial charge in [-0.2, -0.15) is 4.98 Å². The molecule has 1 heterocycles. The monoisotopic (exact) mass is 290 g/mol. The molecule has 1 aliphatic carbocycles. The molecule has 0 radical (unpaired) electrons. The van der Waals surface area contributed by atoms with E-state index in [2.05, 4.69) is 40.7 Å². The summed E-state index contributed by atoms with van der Waals surface area (Å²) in [5, 5.41) is 0. The smallest absolute Gasteiger partial charge is 0.245 e. The topological polar surface area (TPSA) is 76.1 Å². The van der Waals surface area contributed by atoms with Gasteiger partial charge in [-0.05, 0) is 25.2 Å². The Morgan fingerprint density at radius 1 is 1.43 bits per heavy atom. The molecule has 2 unspecified atom stereocenters. The van der Waals surface area contributed by atoms with Crippen LogP contribution in [0.4, 0.5) is 5.95 Å². The molecule has 1 saturated carbocycles. The first-order valence-corrected chi connectivity index (χ1v) is 6.94. The number of hydrogen-bond acceptors (Lipinski definition) is 5. The molecular formula is C15H22N4O2. The van der Waals surface area contributed by atoms with Crippen LogP contribution in [0.2, 0.25) is 0 Å². The molecule has 0 bridgehead atoms. The van der Waals surface area contributed by atoms with E-state index in [0.29, 0.717) is 11.8 Å². The number of ether oxygens (including phenoxy) is 1. The van der Waals surface area contributed by atoms with Crippen molar-refractivity contribution in [1.29, 1.82) is 0 Å². The SMILES string of the molecule is COc1ccnc(NNC(=O)C2C(C=C(C)C)C2(C)C)n1. The van der Waals surface area contributed by atoms with E-state index in [1.54, 1.807) is 12.3 Å². The molecule has 114 valence electrons. The normalized spacial score (nSPS) is 22.1. The van der Waals surface area contributed by atoms with E-state index >= 15 is 0 Å². The first kappa shape index (κ1) is 15.3. The van der Waals surface area contributed by atoms with Crippen molar-refractivity contribution in [2.75, 3.05) is 12.5 Å². The third-order valence-electron chi connectivity index (χ3n) is 3.84. The quantitative estimate of drug-likeness (QED) is 0.642. The Labute approximate surface area is 125 Å². The van der Waals surface area contributed by atoms with Crippen molar-refractivity contribution in [2.45, 2.75) is 27.7 Å². The third-order valence-corrected chi connectivity index (χ3v) is 3.84. The maximum Gasteiger partial charge on any atom is 0.245 e. The van der Waals surface area contributed by atoms with Crippen LogP contribution in [0.3, 0.4) is 0 Å². The Bertz CT molecular complexity index is 565. The number of rotatable bonds is 5. The predicted octanol–water partition coefficient (Wildman–Crippen LogP) is 2.17. The number of amides is 1. The van der Waals surface area contributed by atoms with E-state index < -0.39 is 0 Å². The van der Waals surface area contributed by atoms with Gasteiger partial charge >= 0.3 is 0 Å². The summed E-state index contributed by atoms with van der Waals surface area (Å²) in [4.78, 5) is 20.3. The Kier molecular flexibility index (Phi) is 4.16. The molecule has 1 aromatic rings. The molecule has 6 nitrogen and oxygen atoms in total. The maximum atomic E-state index is 12.3. The zero-order chi connectivity index (χ0) is 15.6. The van der Waals surface area contributed by atoms with Gasteiger partial charge in [0.1, 0.15) is 0 Å². The summed E-state index contributed by atoms with van der Waals surface area (Å²) >= 11 is 0. The molecule has 2 rings (SSSR count). The Morgan fingerprint density at radius 3 is 2.76 bits per heavy atom. The van der Waals surface area contributed by atoms with E-state index in [9.17, 15) is 4.79 Å². The van der Waals surface area contributed by atoms with E-state index in [0.717, 1.165) is 0 Å². The van der Waals surface area contributed by atoms with Crippen molar-refractivity contribution in [2.24, 2.45) is 17.3 Å². The molecule has 6 heteroatoms. The van der Waals surface area contributed by atoms with Crippen LogP contribution >= 0.6 is 0 Å². The number of carbonyl (C=O) groups excluding carboxylic acids is 1. The van der Waals surface area contributed by atoms with Crippen molar-refractivity contribution in [1.82, 2.24) is 15.4 Å². The molecule has 2 N–H and O–H groups in total. The Morgan fingerprint density at radius 2 is 2.14 bits per heavy atom. The lowest BCUT2D eigenvalue weighted by molar-refractivity contribution is -0.122. The molecule has 0 spiro atoms. The van der Waals surface area contributed by atoms with E-state index in [1.165, 1.54) is 12.7 Å². The number of nitrogens with zero attached hydrogens (tertiary/aromatic N) is 2. The highest BCUT2D eigenvalue weighted by atomic mass is 16.5. The van der Waals surface area contributed by atoms with Gasteiger partial charge in [0.05, 0.1) is 13.0 Å². The van der Waals surface area contributed by atoms with Crippen LogP contribution in [0.15, 0.2) is 23.9 Å². The molecule has 0 saturated heterocycles. The van der Waals surface area contributed by atoms with Gasteiger partial charge in [-0.3, -0.25) is 15.6 Å². The number of methoxy groups -OCH3 is 1. The lowest BCUT2D eigenvalue weighted by Crippen LogP contribution is -2.33. The largest absolute Gasteiger partial charge is 0.481 e. The van der Waals surface area contributed by atoms with Gasteiger partial charge in [-0.1, -0.05) is 25.5 Å². The van der Waals surface area contributed by atoms with E-state index in [1.807, 2.05) is 13.8 Å². The number of aromatic nitrogens is 2. The van der Waals surface area contributed by atoms with Crippen LogP contribution in [0.25, 0.3) is 0 Å². The van der Waals surface area contributed by atoms with E-state index in [4.69, 9.17) is 4.74 Å². The second kappa shape index (κ2) is 5.71. The maximum absolute atomic E-state index is 12.3. The first-order valence-electron chi connectivity index (χ1n) is 6.94. The summed E-state index contributed by atoms with van der Waals surface area (Å²) in [6, 6.07) is 1.64.